The lowest BCUT2D eigenvalue weighted by molar-refractivity contribution is -0.140. The first-order valence-electron chi connectivity index (χ1n) is 5.40. The van der Waals surface area contributed by atoms with Gasteiger partial charge in [-0.1, -0.05) is 0 Å². The second kappa shape index (κ2) is 5.97. The van der Waals surface area contributed by atoms with E-state index in [0.29, 0.717) is 17.3 Å². The van der Waals surface area contributed by atoms with E-state index in [2.05, 4.69) is 5.32 Å². The van der Waals surface area contributed by atoms with Crippen LogP contribution in [0.15, 0.2) is 11.3 Å². The van der Waals surface area contributed by atoms with Gasteiger partial charge in [-0.05, 0) is 26.1 Å². The highest BCUT2D eigenvalue weighted by atomic mass is 32.1. The highest BCUT2D eigenvalue weighted by Crippen LogP contribution is 2.19. The van der Waals surface area contributed by atoms with Crippen molar-refractivity contribution in [2.45, 2.75) is 19.9 Å². The maximum Gasteiger partial charge on any atom is 0.337 e. The van der Waals surface area contributed by atoms with E-state index in [9.17, 15) is 4.79 Å². The van der Waals surface area contributed by atoms with Crippen LogP contribution in [0.1, 0.15) is 13.8 Å². The number of allylic oxidation sites excluding steroid dienone is 1. The molecule has 0 amide bonds. The summed E-state index contributed by atoms with van der Waals surface area (Å²) in [6.45, 7) is 4.40. The summed E-state index contributed by atoms with van der Waals surface area (Å²) in [4.78, 5) is 13.7. The number of carbonyl (C=O) groups is 1. The van der Waals surface area contributed by atoms with Gasteiger partial charge in [0.2, 0.25) is 0 Å². The molecule has 0 saturated heterocycles. The molecule has 1 unspecified atom stereocenters. The molecule has 1 N–H and O–H groups in total. The van der Waals surface area contributed by atoms with Gasteiger partial charge >= 0.3 is 5.97 Å². The number of hydrogen-bond acceptors (Lipinski definition) is 4. The highest BCUT2D eigenvalue weighted by Gasteiger charge is 2.29. The zero-order chi connectivity index (χ0) is 13.0. The van der Waals surface area contributed by atoms with E-state index < -0.39 is 0 Å². The molecule has 0 spiro atoms. The molecule has 1 atom stereocenters. The molecule has 96 valence electrons. The fraction of sp³-hybridized carbons (Fsp3) is 0.636. The molecule has 0 bridgehead atoms. The van der Waals surface area contributed by atoms with Crippen LogP contribution in [0, 0.1) is 0 Å². The summed E-state index contributed by atoms with van der Waals surface area (Å²) < 4.78 is 9.95. The minimum Gasteiger partial charge on any atom is -0.460 e. The average Bonchev–Trinajstić information content (AvgIpc) is 2.26. The number of thiocarbonyl (C=S) groups is 1. The van der Waals surface area contributed by atoms with E-state index in [1.165, 1.54) is 0 Å². The van der Waals surface area contributed by atoms with Gasteiger partial charge in [-0.25, -0.2) is 4.79 Å². The highest BCUT2D eigenvalue weighted by molar-refractivity contribution is 7.80. The van der Waals surface area contributed by atoms with Crippen LogP contribution in [0.5, 0.6) is 0 Å². The van der Waals surface area contributed by atoms with Crippen LogP contribution in [0.4, 0.5) is 0 Å². The van der Waals surface area contributed by atoms with Gasteiger partial charge in [0.25, 0.3) is 0 Å². The Bertz CT molecular complexity index is 355. The number of esters is 1. The molecule has 0 fully saturated rings. The van der Waals surface area contributed by atoms with E-state index in [4.69, 9.17) is 21.7 Å². The van der Waals surface area contributed by atoms with Crippen molar-refractivity contribution in [2.75, 3.05) is 27.4 Å². The number of rotatable bonds is 4. The minimum atomic E-state index is -0.325. The molecule has 0 aromatic carbocycles. The summed E-state index contributed by atoms with van der Waals surface area (Å²) in [5.41, 5.74) is 1.43. The second-order valence-corrected chi connectivity index (χ2v) is 4.24. The van der Waals surface area contributed by atoms with E-state index in [-0.39, 0.29) is 18.6 Å². The maximum atomic E-state index is 11.9. The number of methoxy groups -OCH3 is 1. The first-order chi connectivity index (χ1) is 7.99. The first-order valence-corrected chi connectivity index (χ1v) is 5.81. The van der Waals surface area contributed by atoms with Gasteiger partial charge in [0, 0.05) is 19.9 Å². The monoisotopic (exact) mass is 258 g/mol. The van der Waals surface area contributed by atoms with Crippen molar-refractivity contribution in [2.24, 2.45) is 0 Å². The molecule has 0 aliphatic carbocycles. The Kier molecular flexibility index (Phi) is 4.89. The van der Waals surface area contributed by atoms with E-state index in [1.807, 2.05) is 20.9 Å². The topological polar surface area (TPSA) is 50.8 Å². The van der Waals surface area contributed by atoms with Gasteiger partial charge in [0.1, 0.15) is 6.61 Å². The number of carbonyl (C=O) groups excluding carboxylic acids is 1. The van der Waals surface area contributed by atoms with Crippen molar-refractivity contribution in [1.82, 2.24) is 10.2 Å². The number of nitrogens with zero attached hydrogens (tertiary/aromatic N) is 1. The van der Waals surface area contributed by atoms with Crippen LogP contribution < -0.4 is 5.32 Å². The third-order valence-corrected chi connectivity index (χ3v) is 3.10. The summed E-state index contributed by atoms with van der Waals surface area (Å²) in [5, 5.41) is 3.66. The number of ether oxygens (including phenoxy) is 2. The SMILES string of the molecule is COCCOC(=O)C1=C(C)N(C)C(=S)NC1C. The minimum absolute atomic E-state index is 0.131. The maximum absolute atomic E-state index is 11.9. The molecule has 0 aromatic heterocycles. The van der Waals surface area contributed by atoms with E-state index in [0.717, 1.165) is 5.70 Å². The number of nitrogens with one attached hydrogen (secondary N) is 1. The standard InChI is InChI=1S/C11H18N2O3S/c1-7-9(10(14)16-6-5-15-4)8(2)13(3)11(17)12-7/h7H,5-6H2,1-4H3,(H,12,17). The third-order valence-electron chi connectivity index (χ3n) is 2.71. The third kappa shape index (κ3) is 3.17. The van der Waals surface area contributed by atoms with Crippen molar-refractivity contribution < 1.29 is 14.3 Å². The Hall–Kier alpha value is -1.14. The largest absolute Gasteiger partial charge is 0.460 e. The quantitative estimate of drug-likeness (QED) is 0.454. The lowest BCUT2D eigenvalue weighted by atomic mass is 10.0. The van der Waals surface area contributed by atoms with Crippen molar-refractivity contribution in [1.29, 1.82) is 0 Å². The summed E-state index contributed by atoms with van der Waals surface area (Å²) in [6.07, 6.45) is 0. The van der Waals surface area contributed by atoms with Crippen LogP contribution >= 0.6 is 12.2 Å². The van der Waals surface area contributed by atoms with Crippen LogP contribution in [-0.4, -0.2) is 49.4 Å². The Balaban J connectivity index is 2.79. The van der Waals surface area contributed by atoms with Crippen LogP contribution in [0.2, 0.25) is 0 Å². The van der Waals surface area contributed by atoms with Gasteiger partial charge in [-0.2, -0.15) is 0 Å². The molecule has 0 saturated carbocycles. The van der Waals surface area contributed by atoms with Crippen LogP contribution in [0.25, 0.3) is 0 Å². The normalized spacial score (nSPS) is 20.4. The Morgan fingerprint density at radius 3 is 2.76 bits per heavy atom. The van der Waals surface area contributed by atoms with E-state index in [1.54, 1.807) is 12.0 Å². The Labute approximate surface area is 107 Å². The predicted octanol–water partition coefficient (Wildman–Crippen LogP) is 0.658. The molecule has 17 heavy (non-hydrogen) atoms. The summed E-state index contributed by atoms with van der Waals surface area (Å²) in [5.74, 6) is -0.325. The van der Waals surface area contributed by atoms with Gasteiger partial charge < -0.3 is 19.7 Å². The fourth-order valence-electron chi connectivity index (χ4n) is 1.62. The van der Waals surface area contributed by atoms with Crippen molar-refractivity contribution in [3.63, 3.8) is 0 Å². The molecule has 1 heterocycles. The van der Waals surface area contributed by atoms with Crippen molar-refractivity contribution in [3.8, 4) is 0 Å². The molecular weight excluding hydrogens is 240 g/mol. The molecule has 1 rings (SSSR count). The zero-order valence-corrected chi connectivity index (χ0v) is 11.4. The second-order valence-electron chi connectivity index (χ2n) is 3.86. The van der Waals surface area contributed by atoms with Crippen LogP contribution in [-0.2, 0) is 14.3 Å². The lowest BCUT2D eigenvalue weighted by Gasteiger charge is -2.33. The molecule has 5 nitrogen and oxygen atoms in total. The fourth-order valence-corrected chi connectivity index (χ4v) is 1.93. The number of hydrogen-bond donors (Lipinski definition) is 1. The van der Waals surface area contributed by atoms with Gasteiger partial charge in [0.05, 0.1) is 18.2 Å². The zero-order valence-electron chi connectivity index (χ0n) is 10.6. The lowest BCUT2D eigenvalue weighted by Crippen LogP contribution is -2.49. The smallest absolute Gasteiger partial charge is 0.337 e. The van der Waals surface area contributed by atoms with Crippen molar-refractivity contribution >= 4 is 23.3 Å². The van der Waals surface area contributed by atoms with Gasteiger partial charge in [0.15, 0.2) is 5.11 Å². The first kappa shape index (κ1) is 13.9. The van der Waals surface area contributed by atoms with Crippen LogP contribution in [0.3, 0.4) is 0 Å². The molecule has 1 aliphatic rings. The molecule has 1 aliphatic heterocycles. The molecule has 0 aromatic rings. The summed E-state index contributed by atoms with van der Waals surface area (Å²) in [6, 6.07) is -0.131. The molecule has 6 heteroatoms. The van der Waals surface area contributed by atoms with Crippen molar-refractivity contribution in [3.05, 3.63) is 11.3 Å². The Morgan fingerprint density at radius 2 is 2.18 bits per heavy atom. The predicted molar refractivity (Wildman–Crippen MR) is 68.5 cm³/mol. The Morgan fingerprint density at radius 1 is 1.53 bits per heavy atom. The average molecular weight is 258 g/mol. The molecule has 0 radical (unpaired) electrons. The van der Waals surface area contributed by atoms with E-state index >= 15 is 0 Å². The summed E-state index contributed by atoms with van der Waals surface area (Å²) in [7, 11) is 3.38. The molecular formula is C11H18N2O3S. The van der Waals surface area contributed by atoms with Gasteiger partial charge in [-0.3, -0.25) is 0 Å². The van der Waals surface area contributed by atoms with Gasteiger partial charge in [-0.15, -0.1) is 0 Å². The summed E-state index contributed by atoms with van der Waals surface area (Å²) >= 11 is 5.14.